The maximum absolute atomic E-state index is 10.9. The van der Waals surface area contributed by atoms with Gasteiger partial charge in [-0.2, -0.15) is 5.26 Å². The van der Waals surface area contributed by atoms with Crippen LogP contribution in [-0.4, -0.2) is 18.1 Å². The molecule has 0 radical (unpaired) electrons. The van der Waals surface area contributed by atoms with Crippen LogP contribution >= 0.6 is 11.6 Å². The zero-order valence-electron chi connectivity index (χ0n) is 7.45. The zero-order valence-corrected chi connectivity index (χ0v) is 8.21. The van der Waals surface area contributed by atoms with Gasteiger partial charge in [-0.25, -0.2) is 4.98 Å². The van der Waals surface area contributed by atoms with Crippen molar-refractivity contribution in [3.63, 3.8) is 0 Å². The second kappa shape index (κ2) is 4.58. The molecular formula is C9H7ClN2O2. The molecule has 0 fully saturated rings. The molecule has 0 aliphatic rings. The second-order valence-electron chi connectivity index (χ2n) is 2.53. The van der Waals surface area contributed by atoms with Crippen molar-refractivity contribution in [2.45, 2.75) is 6.42 Å². The Morgan fingerprint density at radius 2 is 2.50 bits per heavy atom. The lowest BCUT2D eigenvalue weighted by molar-refractivity contribution is -0.139. The van der Waals surface area contributed by atoms with Crippen LogP contribution in [0, 0.1) is 11.3 Å². The standard InChI is InChI=1S/C9H7ClN2O2/c1-14-9(13)3-7-5-12-8(10)2-6(7)4-11/h2,5H,3H2,1H3. The smallest absolute Gasteiger partial charge is 0.310 e. The SMILES string of the molecule is COC(=O)Cc1cnc(Cl)cc1C#N. The predicted molar refractivity (Wildman–Crippen MR) is 49.7 cm³/mol. The molecule has 0 aliphatic heterocycles. The highest BCUT2D eigenvalue weighted by atomic mass is 35.5. The van der Waals surface area contributed by atoms with E-state index in [0.29, 0.717) is 11.1 Å². The van der Waals surface area contributed by atoms with Gasteiger partial charge in [0.1, 0.15) is 5.15 Å². The quantitative estimate of drug-likeness (QED) is 0.546. The van der Waals surface area contributed by atoms with Gasteiger partial charge in [0.05, 0.1) is 25.2 Å². The Kier molecular flexibility index (Phi) is 3.43. The number of carbonyl (C=O) groups excluding carboxylic acids is 1. The van der Waals surface area contributed by atoms with Crippen molar-refractivity contribution in [1.82, 2.24) is 4.98 Å². The number of esters is 1. The number of nitrogens with zero attached hydrogens (tertiary/aromatic N) is 2. The fourth-order valence-corrected chi connectivity index (χ4v) is 1.09. The summed E-state index contributed by atoms with van der Waals surface area (Å²) in [6.45, 7) is 0. The molecule has 0 bridgehead atoms. The second-order valence-corrected chi connectivity index (χ2v) is 2.92. The summed E-state index contributed by atoms with van der Waals surface area (Å²) in [7, 11) is 1.29. The molecule has 0 saturated carbocycles. The van der Waals surface area contributed by atoms with Crippen LogP contribution in [-0.2, 0) is 16.0 Å². The minimum Gasteiger partial charge on any atom is -0.469 e. The summed E-state index contributed by atoms with van der Waals surface area (Å²) >= 11 is 5.59. The van der Waals surface area contributed by atoms with Gasteiger partial charge >= 0.3 is 5.97 Å². The Morgan fingerprint density at radius 1 is 1.79 bits per heavy atom. The molecule has 0 aliphatic carbocycles. The van der Waals surface area contributed by atoms with Gasteiger partial charge in [0.2, 0.25) is 0 Å². The summed E-state index contributed by atoms with van der Waals surface area (Å²) in [5.74, 6) is -0.411. The molecule has 1 aromatic rings. The third-order valence-electron chi connectivity index (χ3n) is 1.64. The molecule has 0 N–H and O–H groups in total. The lowest BCUT2D eigenvalue weighted by Gasteiger charge is -2.01. The fraction of sp³-hybridized carbons (Fsp3) is 0.222. The molecule has 0 spiro atoms. The van der Waals surface area contributed by atoms with Gasteiger partial charge in [-0.05, 0) is 11.6 Å². The van der Waals surface area contributed by atoms with Gasteiger partial charge in [-0.1, -0.05) is 11.6 Å². The third kappa shape index (κ3) is 2.44. The molecule has 0 amide bonds. The summed E-state index contributed by atoms with van der Waals surface area (Å²) in [6.07, 6.45) is 1.43. The number of hydrogen-bond donors (Lipinski definition) is 0. The first-order valence-corrected chi connectivity index (χ1v) is 4.16. The first-order valence-electron chi connectivity index (χ1n) is 3.78. The number of hydrogen-bond acceptors (Lipinski definition) is 4. The highest BCUT2D eigenvalue weighted by Gasteiger charge is 2.08. The summed E-state index contributed by atoms with van der Waals surface area (Å²) in [5, 5.41) is 8.97. The molecule has 0 unspecified atom stereocenters. The van der Waals surface area contributed by atoms with Gasteiger partial charge in [-0.3, -0.25) is 4.79 Å². The average Bonchev–Trinajstić information content (AvgIpc) is 2.20. The summed E-state index contributed by atoms with van der Waals surface area (Å²) in [6, 6.07) is 3.35. The zero-order chi connectivity index (χ0) is 10.6. The number of ether oxygens (including phenoxy) is 1. The van der Waals surface area contributed by atoms with Crippen LogP contribution in [0.2, 0.25) is 5.15 Å². The lowest BCUT2D eigenvalue weighted by Crippen LogP contribution is -2.06. The largest absolute Gasteiger partial charge is 0.469 e. The van der Waals surface area contributed by atoms with E-state index in [1.54, 1.807) is 0 Å². The van der Waals surface area contributed by atoms with Crippen LogP contribution in [0.25, 0.3) is 0 Å². The fourth-order valence-electron chi connectivity index (χ4n) is 0.931. The molecule has 0 saturated heterocycles. The molecule has 72 valence electrons. The number of halogens is 1. The molecule has 0 atom stereocenters. The van der Waals surface area contributed by atoms with Crippen molar-refractivity contribution >= 4 is 17.6 Å². The highest BCUT2D eigenvalue weighted by Crippen LogP contribution is 2.12. The Bertz CT molecular complexity index is 398. The summed E-state index contributed by atoms with van der Waals surface area (Å²) in [4.78, 5) is 14.7. The summed E-state index contributed by atoms with van der Waals surface area (Å²) in [5.41, 5.74) is 0.860. The van der Waals surface area contributed by atoms with Crippen LogP contribution < -0.4 is 0 Å². The monoisotopic (exact) mass is 210 g/mol. The van der Waals surface area contributed by atoms with E-state index in [1.165, 1.54) is 19.4 Å². The number of pyridine rings is 1. The minimum atomic E-state index is -0.411. The summed E-state index contributed by atoms with van der Waals surface area (Å²) < 4.78 is 4.47. The van der Waals surface area contributed by atoms with Crippen molar-refractivity contribution in [2.75, 3.05) is 7.11 Å². The van der Waals surface area contributed by atoms with E-state index in [4.69, 9.17) is 16.9 Å². The lowest BCUT2D eigenvalue weighted by atomic mass is 10.1. The number of rotatable bonds is 2. The molecule has 4 nitrogen and oxygen atoms in total. The molecule has 0 aromatic carbocycles. The van der Waals surface area contributed by atoms with Crippen LogP contribution in [0.1, 0.15) is 11.1 Å². The number of carbonyl (C=O) groups is 1. The van der Waals surface area contributed by atoms with E-state index < -0.39 is 5.97 Å². The van der Waals surface area contributed by atoms with Crippen molar-refractivity contribution in [3.8, 4) is 6.07 Å². The first kappa shape index (κ1) is 10.5. The van der Waals surface area contributed by atoms with E-state index in [2.05, 4.69) is 9.72 Å². The topological polar surface area (TPSA) is 63.0 Å². The molecule has 1 heterocycles. The normalized spacial score (nSPS) is 9.21. The molecule has 1 aromatic heterocycles. The maximum atomic E-state index is 10.9. The van der Waals surface area contributed by atoms with Crippen molar-refractivity contribution in [1.29, 1.82) is 5.26 Å². The Hall–Kier alpha value is -1.60. The number of methoxy groups -OCH3 is 1. The maximum Gasteiger partial charge on any atom is 0.310 e. The molecule has 5 heteroatoms. The minimum absolute atomic E-state index is 0.0313. The van der Waals surface area contributed by atoms with Gasteiger partial charge in [0, 0.05) is 6.20 Å². The predicted octanol–water partition coefficient (Wildman–Crippen LogP) is 1.32. The van der Waals surface area contributed by atoms with E-state index in [1.807, 2.05) is 6.07 Å². The highest BCUT2D eigenvalue weighted by molar-refractivity contribution is 6.29. The Balaban J connectivity index is 2.98. The Labute approximate surface area is 86.1 Å². The van der Waals surface area contributed by atoms with Gasteiger partial charge < -0.3 is 4.74 Å². The van der Waals surface area contributed by atoms with Gasteiger partial charge in [0.15, 0.2) is 0 Å². The van der Waals surface area contributed by atoms with E-state index >= 15 is 0 Å². The molecular weight excluding hydrogens is 204 g/mol. The number of aromatic nitrogens is 1. The van der Waals surface area contributed by atoms with Crippen molar-refractivity contribution < 1.29 is 9.53 Å². The van der Waals surface area contributed by atoms with E-state index in [0.717, 1.165) is 0 Å². The van der Waals surface area contributed by atoms with Crippen LogP contribution in [0.4, 0.5) is 0 Å². The number of nitriles is 1. The van der Waals surface area contributed by atoms with E-state index in [9.17, 15) is 4.79 Å². The van der Waals surface area contributed by atoms with Crippen molar-refractivity contribution in [2.24, 2.45) is 0 Å². The van der Waals surface area contributed by atoms with Gasteiger partial charge in [0.25, 0.3) is 0 Å². The Morgan fingerprint density at radius 3 is 3.07 bits per heavy atom. The molecule has 14 heavy (non-hydrogen) atoms. The van der Waals surface area contributed by atoms with Crippen LogP contribution in [0.5, 0.6) is 0 Å². The van der Waals surface area contributed by atoms with E-state index in [-0.39, 0.29) is 11.6 Å². The average molecular weight is 211 g/mol. The molecule has 1 rings (SSSR count). The third-order valence-corrected chi connectivity index (χ3v) is 1.84. The van der Waals surface area contributed by atoms with Crippen molar-refractivity contribution in [3.05, 3.63) is 28.5 Å². The van der Waals surface area contributed by atoms with Gasteiger partial charge in [-0.15, -0.1) is 0 Å². The van der Waals surface area contributed by atoms with Crippen LogP contribution in [0.3, 0.4) is 0 Å². The van der Waals surface area contributed by atoms with Crippen LogP contribution in [0.15, 0.2) is 12.3 Å². The first-order chi connectivity index (χ1) is 6.67.